The first-order valence-electron chi connectivity index (χ1n) is 7.11. The van der Waals surface area contributed by atoms with E-state index in [1.54, 1.807) is 35.0 Å². The molecule has 1 aliphatic rings. The van der Waals surface area contributed by atoms with Gasteiger partial charge in [-0.25, -0.2) is 0 Å². The average Bonchev–Trinajstić information content (AvgIpc) is 2.88. The molecule has 128 valence electrons. The number of hydrogen-bond acceptors (Lipinski definition) is 3. The van der Waals surface area contributed by atoms with Gasteiger partial charge < -0.3 is 15.1 Å². The van der Waals surface area contributed by atoms with E-state index in [0.29, 0.717) is 41.8 Å². The van der Waals surface area contributed by atoms with Crippen LogP contribution in [0.25, 0.3) is 0 Å². The first-order chi connectivity index (χ1) is 10.5. The van der Waals surface area contributed by atoms with Crippen molar-refractivity contribution in [1.29, 1.82) is 0 Å². The molecule has 1 heterocycles. The third kappa shape index (κ3) is 4.51. The Hall–Kier alpha value is -1.01. The summed E-state index contributed by atoms with van der Waals surface area (Å²) in [5.74, 6) is -0.932. The van der Waals surface area contributed by atoms with Gasteiger partial charge in [0, 0.05) is 32.4 Å². The maximum atomic E-state index is 12.5. The van der Waals surface area contributed by atoms with Gasteiger partial charge in [-0.05, 0) is 31.7 Å². The van der Waals surface area contributed by atoms with Crippen LogP contribution in [0.2, 0.25) is 10.0 Å². The van der Waals surface area contributed by atoms with Gasteiger partial charge >= 0.3 is 0 Å². The smallest absolute Gasteiger partial charge is 0.239 e. The van der Waals surface area contributed by atoms with Gasteiger partial charge in [0.25, 0.3) is 0 Å². The van der Waals surface area contributed by atoms with Gasteiger partial charge in [-0.1, -0.05) is 23.2 Å². The van der Waals surface area contributed by atoms with Crippen LogP contribution in [0.5, 0.6) is 0 Å². The lowest BCUT2D eigenvalue weighted by atomic mass is 10.1. The zero-order chi connectivity index (χ0) is 16.3. The van der Waals surface area contributed by atoms with Crippen molar-refractivity contribution in [2.75, 3.05) is 38.6 Å². The van der Waals surface area contributed by atoms with Crippen molar-refractivity contribution >= 4 is 53.1 Å². The van der Waals surface area contributed by atoms with E-state index in [4.69, 9.17) is 23.2 Å². The molecule has 5 nitrogen and oxygen atoms in total. The molecular formula is C15H20Cl3N3O2. The van der Waals surface area contributed by atoms with E-state index in [1.807, 2.05) is 7.05 Å². The maximum Gasteiger partial charge on any atom is 0.239 e. The van der Waals surface area contributed by atoms with E-state index in [2.05, 4.69) is 5.32 Å². The Morgan fingerprint density at radius 3 is 2.70 bits per heavy atom. The molecule has 0 saturated carbocycles. The minimum absolute atomic E-state index is 0. The second kappa shape index (κ2) is 8.73. The molecule has 1 unspecified atom stereocenters. The summed E-state index contributed by atoms with van der Waals surface area (Å²) in [5.41, 5.74) is 0.674. The Kier molecular flexibility index (Phi) is 7.61. The lowest BCUT2D eigenvalue weighted by Gasteiger charge is -2.21. The molecule has 0 radical (unpaired) electrons. The predicted octanol–water partition coefficient (Wildman–Crippen LogP) is 2.45. The second-order valence-corrected chi connectivity index (χ2v) is 6.11. The van der Waals surface area contributed by atoms with E-state index in [9.17, 15) is 9.59 Å². The Morgan fingerprint density at radius 1 is 1.39 bits per heavy atom. The molecule has 23 heavy (non-hydrogen) atoms. The van der Waals surface area contributed by atoms with Crippen LogP contribution in [0.4, 0.5) is 5.69 Å². The van der Waals surface area contributed by atoms with Gasteiger partial charge in [-0.3, -0.25) is 9.59 Å². The number of nitrogens with zero attached hydrogens (tertiary/aromatic N) is 2. The van der Waals surface area contributed by atoms with Crippen LogP contribution in [0, 0.1) is 5.92 Å². The highest BCUT2D eigenvalue weighted by Crippen LogP contribution is 2.31. The van der Waals surface area contributed by atoms with Gasteiger partial charge in [0.2, 0.25) is 11.8 Å². The van der Waals surface area contributed by atoms with Crippen LogP contribution >= 0.6 is 35.6 Å². The Morgan fingerprint density at radius 2 is 2.09 bits per heavy atom. The van der Waals surface area contributed by atoms with Crippen molar-refractivity contribution in [3.8, 4) is 0 Å². The van der Waals surface area contributed by atoms with Crippen LogP contribution in [-0.4, -0.2) is 50.4 Å². The quantitative estimate of drug-likeness (QED) is 0.798. The summed E-state index contributed by atoms with van der Waals surface area (Å²) < 4.78 is 0. The Balaban J connectivity index is 0.00000264. The third-order valence-corrected chi connectivity index (χ3v) is 4.53. The number of benzene rings is 1. The number of rotatable bonds is 5. The lowest BCUT2D eigenvalue weighted by molar-refractivity contribution is -0.138. The highest BCUT2D eigenvalue weighted by Gasteiger charge is 2.38. The standard InChI is InChI=1S/C15H19Cl2N3O2.ClH/c1-18-6-8-19(2)14(21)11-5-7-20(15(11)22)10-3-4-12(16)13(17)9-10;/h3-4,9,11,18H,5-8H2,1-2H3;1H. The number of carbonyl (C=O) groups is 2. The predicted molar refractivity (Wildman–Crippen MR) is 95.7 cm³/mol. The highest BCUT2D eigenvalue weighted by molar-refractivity contribution is 6.42. The van der Waals surface area contributed by atoms with Crippen molar-refractivity contribution in [2.45, 2.75) is 6.42 Å². The second-order valence-electron chi connectivity index (χ2n) is 5.29. The van der Waals surface area contributed by atoms with Gasteiger partial charge in [-0.2, -0.15) is 0 Å². The Bertz CT molecular complexity index is 583. The average molecular weight is 381 g/mol. The fourth-order valence-electron chi connectivity index (χ4n) is 2.47. The van der Waals surface area contributed by atoms with E-state index in [-0.39, 0.29) is 24.2 Å². The van der Waals surface area contributed by atoms with Gasteiger partial charge in [0.1, 0.15) is 5.92 Å². The summed E-state index contributed by atoms with van der Waals surface area (Å²) in [6.45, 7) is 1.78. The van der Waals surface area contributed by atoms with Crippen molar-refractivity contribution in [3.63, 3.8) is 0 Å². The van der Waals surface area contributed by atoms with Crippen molar-refractivity contribution in [1.82, 2.24) is 10.2 Å². The summed E-state index contributed by atoms with van der Waals surface area (Å²) in [7, 11) is 3.54. The van der Waals surface area contributed by atoms with Gasteiger partial charge in [0.15, 0.2) is 0 Å². The molecule has 8 heteroatoms. The van der Waals surface area contributed by atoms with Crippen LogP contribution in [-0.2, 0) is 9.59 Å². The molecule has 0 bridgehead atoms. The van der Waals surface area contributed by atoms with Gasteiger partial charge in [0.05, 0.1) is 10.0 Å². The number of carbonyl (C=O) groups excluding carboxylic acids is 2. The number of halogens is 3. The molecule has 1 aromatic carbocycles. The summed E-state index contributed by atoms with van der Waals surface area (Å²) in [6.07, 6.45) is 0.516. The molecular weight excluding hydrogens is 361 g/mol. The van der Waals surface area contributed by atoms with E-state index >= 15 is 0 Å². The van der Waals surface area contributed by atoms with Gasteiger partial charge in [-0.15, -0.1) is 12.4 Å². The summed E-state index contributed by atoms with van der Waals surface area (Å²) in [5, 5.41) is 3.82. The monoisotopic (exact) mass is 379 g/mol. The summed E-state index contributed by atoms with van der Waals surface area (Å²) >= 11 is 11.9. The first kappa shape index (κ1) is 20.0. The number of anilines is 1. The minimum atomic E-state index is -0.615. The molecule has 0 aliphatic carbocycles. The van der Waals surface area contributed by atoms with E-state index < -0.39 is 5.92 Å². The van der Waals surface area contributed by atoms with Crippen LogP contribution in [0.1, 0.15) is 6.42 Å². The molecule has 1 fully saturated rings. The number of amides is 2. The largest absolute Gasteiger partial charge is 0.344 e. The van der Waals surface area contributed by atoms with Crippen molar-refractivity contribution in [3.05, 3.63) is 28.2 Å². The SMILES string of the molecule is CNCCN(C)C(=O)C1CCN(c2ccc(Cl)c(Cl)c2)C1=O.Cl. The Labute approximate surface area is 152 Å². The molecule has 0 spiro atoms. The van der Waals surface area contributed by atoms with E-state index in [1.165, 1.54) is 0 Å². The van der Waals surface area contributed by atoms with Crippen LogP contribution < -0.4 is 10.2 Å². The molecule has 0 aromatic heterocycles. The molecule has 1 aliphatic heterocycles. The zero-order valence-electron chi connectivity index (χ0n) is 13.0. The maximum absolute atomic E-state index is 12.5. The molecule has 2 rings (SSSR count). The van der Waals surface area contributed by atoms with Crippen molar-refractivity contribution < 1.29 is 9.59 Å². The fraction of sp³-hybridized carbons (Fsp3) is 0.467. The molecule has 1 atom stereocenters. The number of nitrogens with one attached hydrogen (secondary N) is 1. The lowest BCUT2D eigenvalue weighted by Crippen LogP contribution is -2.40. The fourth-order valence-corrected chi connectivity index (χ4v) is 2.77. The molecule has 2 amide bonds. The molecule has 1 N–H and O–H groups in total. The summed E-state index contributed by atoms with van der Waals surface area (Å²) in [6, 6.07) is 5.05. The minimum Gasteiger partial charge on any atom is -0.344 e. The van der Waals surface area contributed by atoms with E-state index in [0.717, 1.165) is 0 Å². The molecule has 1 aromatic rings. The van der Waals surface area contributed by atoms with Crippen molar-refractivity contribution in [2.24, 2.45) is 5.92 Å². The number of hydrogen-bond donors (Lipinski definition) is 1. The molecule has 1 saturated heterocycles. The zero-order valence-corrected chi connectivity index (χ0v) is 15.3. The first-order valence-corrected chi connectivity index (χ1v) is 7.87. The third-order valence-electron chi connectivity index (χ3n) is 3.79. The van der Waals surface area contributed by atoms with Crippen LogP contribution in [0.15, 0.2) is 18.2 Å². The van der Waals surface area contributed by atoms with Crippen LogP contribution in [0.3, 0.4) is 0 Å². The highest BCUT2D eigenvalue weighted by atomic mass is 35.5. The normalized spacial score (nSPS) is 17.1. The summed E-state index contributed by atoms with van der Waals surface area (Å²) in [4.78, 5) is 28.1. The topological polar surface area (TPSA) is 52.7 Å². The number of likely N-dealkylation sites (N-methyl/N-ethyl adjacent to an activating group) is 2.